The molecule has 194 valence electrons. The number of aryl methyl sites for hydroxylation is 1. The largest absolute Gasteiger partial charge is 0.384 e. The second-order valence-corrected chi connectivity index (χ2v) is 9.92. The molecule has 1 unspecified atom stereocenters. The van der Waals surface area contributed by atoms with Crippen molar-refractivity contribution in [3.05, 3.63) is 95.7 Å². The quantitative estimate of drug-likeness (QED) is 0.193. The van der Waals surface area contributed by atoms with E-state index in [0.29, 0.717) is 11.3 Å². The second kappa shape index (κ2) is 14.1. The van der Waals surface area contributed by atoms with Crippen LogP contribution < -0.4 is 16.0 Å². The third kappa shape index (κ3) is 10.00. The number of rotatable bonds is 14. The van der Waals surface area contributed by atoms with Crippen LogP contribution in [-0.4, -0.2) is 17.1 Å². The maximum Gasteiger partial charge on any atom is 0.146 e. The van der Waals surface area contributed by atoms with Gasteiger partial charge in [0.25, 0.3) is 0 Å². The number of terminal acetylenes is 1. The highest BCUT2D eigenvalue weighted by molar-refractivity contribution is 5.58. The third-order valence-corrected chi connectivity index (χ3v) is 6.26. The van der Waals surface area contributed by atoms with Gasteiger partial charge in [-0.1, -0.05) is 58.9 Å². The lowest BCUT2D eigenvalue weighted by Crippen LogP contribution is -2.43. The van der Waals surface area contributed by atoms with Gasteiger partial charge in [0.15, 0.2) is 0 Å². The average Bonchev–Trinajstić information content (AvgIpc) is 2.82. The van der Waals surface area contributed by atoms with Crippen molar-refractivity contribution in [2.75, 3.05) is 0 Å². The highest BCUT2D eigenvalue weighted by Gasteiger charge is 2.19. The van der Waals surface area contributed by atoms with Gasteiger partial charge in [0.2, 0.25) is 0 Å². The minimum absolute atomic E-state index is 0.0250. The normalized spacial score (nSPS) is 14.6. The Morgan fingerprint density at radius 3 is 2.44 bits per heavy atom. The van der Waals surface area contributed by atoms with Crippen LogP contribution in [0.3, 0.4) is 0 Å². The minimum atomic E-state index is -0.527. The fourth-order valence-corrected chi connectivity index (χ4v) is 3.39. The molecule has 0 aliphatic heterocycles. The lowest BCUT2D eigenvalue weighted by atomic mass is 9.85. The Hall–Kier alpha value is -3.52. The van der Waals surface area contributed by atoms with Crippen LogP contribution in [0.15, 0.2) is 84.4 Å². The van der Waals surface area contributed by atoms with Crippen molar-refractivity contribution in [1.82, 2.24) is 20.9 Å². The van der Waals surface area contributed by atoms with Crippen LogP contribution in [0.2, 0.25) is 0 Å². The van der Waals surface area contributed by atoms with E-state index in [1.807, 2.05) is 39.0 Å². The molecule has 0 bridgehead atoms. The molecule has 5 heteroatoms. The number of nitrogens with one attached hydrogen (secondary N) is 3. The summed E-state index contributed by atoms with van der Waals surface area (Å²) in [6.45, 7) is 26.2. The van der Waals surface area contributed by atoms with Crippen molar-refractivity contribution in [3.63, 3.8) is 0 Å². The van der Waals surface area contributed by atoms with Gasteiger partial charge in [0, 0.05) is 46.6 Å². The van der Waals surface area contributed by atoms with Crippen molar-refractivity contribution in [2.45, 2.75) is 73.4 Å². The topological polar surface area (TPSA) is 49.0 Å². The lowest BCUT2D eigenvalue weighted by molar-refractivity contribution is 0.331. The van der Waals surface area contributed by atoms with E-state index in [1.165, 1.54) is 6.08 Å². The number of allylic oxidation sites excluding steroid dienone is 6. The first kappa shape index (κ1) is 30.5. The summed E-state index contributed by atoms with van der Waals surface area (Å²) >= 11 is 0. The Morgan fingerprint density at radius 2 is 1.89 bits per heavy atom. The van der Waals surface area contributed by atoms with Crippen molar-refractivity contribution >= 4 is 6.08 Å². The molecular formula is C31H43FN4. The van der Waals surface area contributed by atoms with Gasteiger partial charge in [-0.15, -0.1) is 6.42 Å². The molecule has 2 atom stereocenters. The van der Waals surface area contributed by atoms with Crippen LogP contribution in [0.25, 0.3) is 6.08 Å². The van der Waals surface area contributed by atoms with Gasteiger partial charge in [0.1, 0.15) is 5.83 Å². The summed E-state index contributed by atoms with van der Waals surface area (Å²) in [5, 5.41) is 9.77. The Kier molecular flexibility index (Phi) is 12.0. The van der Waals surface area contributed by atoms with E-state index >= 15 is 4.39 Å². The van der Waals surface area contributed by atoms with Crippen molar-refractivity contribution in [2.24, 2.45) is 5.41 Å². The maximum absolute atomic E-state index is 15.0. The van der Waals surface area contributed by atoms with Gasteiger partial charge in [0.05, 0.1) is 5.70 Å². The third-order valence-electron chi connectivity index (χ3n) is 6.26. The first-order valence-corrected chi connectivity index (χ1v) is 12.3. The Morgan fingerprint density at radius 1 is 1.25 bits per heavy atom. The van der Waals surface area contributed by atoms with E-state index in [-0.39, 0.29) is 23.2 Å². The molecule has 0 amide bonds. The Balaban J connectivity index is 2.91. The molecule has 0 aromatic carbocycles. The predicted octanol–water partition coefficient (Wildman–Crippen LogP) is 7.08. The summed E-state index contributed by atoms with van der Waals surface area (Å²) in [4.78, 5) is 4.29. The van der Waals surface area contributed by atoms with E-state index < -0.39 is 5.83 Å². The zero-order chi connectivity index (χ0) is 27.5. The molecule has 0 fully saturated rings. The zero-order valence-electron chi connectivity index (χ0n) is 23.1. The van der Waals surface area contributed by atoms with Gasteiger partial charge in [-0.25, -0.2) is 4.39 Å². The molecule has 1 aromatic rings. The zero-order valence-corrected chi connectivity index (χ0v) is 23.1. The number of aromatic nitrogens is 1. The summed E-state index contributed by atoms with van der Waals surface area (Å²) in [6, 6.07) is 3.76. The molecule has 1 rings (SSSR count). The Labute approximate surface area is 218 Å². The van der Waals surface area contributed by atoms with Crippen LogP contribution in [0.5, 0.6) is 0 Å². The summed E-state index contributed by atoms with van der Waals surface area (Å²) in [7, 11) is 0. The molecule has 0 saturated heterocycles. The fraction of sp³-hybridized carbons (Fsp3) is 0.387. The number of pyridine rings is 1. The van der Waals surface area contributed by atoms with Gasteiger partial charge in [-0.2, -0.15) is 0 Å². The van der Waals surface area contributed by atoms with Crippen molar-refractivity contribution in [3.8, 4) is 12.3 Å². The predicted molar refractivity (Wildman–Crippen MR) is 153 cm³/mol. The molecule has 0 saturated carbocycles. The molecule has 0 radical (unpaired) electrons. The summed E-state index contributed by atoms with van der Waals surface area (Å²) in [5.74, 6) is 2.03. The first-order valence-electron chi connectivity index (χ1n) is 12.3. The van der Waals surface area contributed by atoms with E-state index in [4.69, 9.17) is 6.42 Å². The summed E-state index contributed by atoms with van der Waals surface area (Å²) < 4.78 is 15.0. The fourth-order valence-electron chi connectivity index (χ4n) is 3.39. The van der Waals surface area contributed by atoms with E-state index in [2.05, 4.69) is 67.4 Å². The molecule has 0 aliphatic rings. The van der Waals surface area contributed by atoms with Crippen LogP contribution in [0.4, 0.5) is 4.39 Å². The summed E-state index contributed by atoms with van der Waals surface area (Å²) in [5.41, 5.74) is 4.87. The molecule has 0 spiro atoms. The minimum Gasteiger partial charge on any atom is -0.384 e. The van der Waals surface area contributed by atoms with Crippen molar-refractivity contribution in [1.29, 1.82) is 0 Å². The average molecular weight is 491 g/mol. The van der Waals surface area contributed by atoms with Crippen LogP contribution >= 0.6 is 0 Å². The van der Waals surface area contributed by atoms with Gasteiger partial charge in [-0.3, -0.25) is 4.98 Å². The smallest absolute Gasteiger partial charge is 0.146 e. The Bertz CT molecular complexity index is 1080. The SMILES string of the molecule is C#CC(/C=C(/F)C(=C)NC(C)[C@H](C)NC(=C)CC(C)(C)CC)=C(/C)N/C(C=C)=C/c1cccnc1C. The standard InChI is InChI=1S/C31H43FN4/c1-12-27(25(8)36-29(13-2)18-28-16-15-17-33-24(28)7)19-30(32)26(9)35-23(6)22(5)34-21(4)20-31(10,11)14-3/h1,13,15-19,22-23,34-36H,2,4,9,14,20H2,3,5-8,10-11H3/b27-25+,29-18+,30-19+/t22-,23?/m0/s1. The highest BCUT2D eigenvalue weighted by Crippen LogP contribution is 2.27. The number of nitrogens with zero attached hydrogens (tertiary/aromatic N) is 1. The molecule has 1 aromatic heterocycles. The maximum atomic E-state index is 15.0. The van der Waals surface area contributed by atoms with E-state index in [9.17, 15) is 0 Å². The lowest BCUT2D eigenvalue weighted by Gasteiger charge is -2.29. The van der Waals surface area contributed by atoms with E-state index in [1.54, 1.807) is 19.2 Å². The van der Waals surface area contributed by atoms with Gasteiger partial charge < -0.3 is 16.0 Å². The first-order chi connectivity index (χ1) is 16.8. The molecule has 4 nitrogen and oxygen atoms in total. The second-order valence-electron chi connectivity index (χ2n) is 9.92. The highest BCUT2D eigenvalue weighted by atomic mass is 19.1. The summed E-state index contributed by atoms with van der Waals surface area (Å²) in [6.07, 6.45) is 14.3. The molecule has 3 N–H and O–H groups in total. The molecule has 36 heavy (non-hydrogen) atoms. The molecular weight excluding hydrogens is 447 g/mol. The van der Waals surface area contributed by atoms with Crippen LogP contribution in [0.1, 0.15) is 65.6 Å². The van der Waals surface area contributed by atoms with E-state index in [0.717, 1.165) is 35.5 Å². The monoisotopic (exact) mass is 490 g/mol. The molecule has 1 heterocycles. The van der Waals surface area contributed by atoms with Crippen LogP contribution in [-0.2, 0) is 0 Å². The van der Waals surface area contributed by atoms with Crippen molar-refractivity contribution < 1.29 is 4.39 Å². The van der Waals surface area contributed by atoms with Gasteiger partial charge in [-0.05, 0) is 69.4 Å². The molecule has 0 aliphatic carbocycles. The number of hydrogen-bond acceptors (Lipinski definition) is 4. The number of hydrogen-bond donors (Lipinski definition) is 3. The number of halogens is 1. The van der Waals surface area contributed by atoms with Gasteiger partial charge >= 0.3 is 0 Å². The van der Waals surface area contributed by atoms with Crippen LogP contribution in [0, 0.1) is 24.7 Å².